The molecule has 3 nitrogen and oxygen atoms in total. The second-order valence-electron chi connectivity index (χ2n) is 4.45. The Morgan fingerprint density at radius 1 is 1.47 bits per heavy atom. The van der Waals surface area contributed by atoms with Crippen LogP contribution in [0.4, 0.5) is 0 Å². The number of amides is 1. The van der Waals surface area contributed by atoms with E-state index in [0.717, 1.165) is 22.2 Å². The minimum Gasteiger partial charge on any atom is -0.335 e. The maximum absolute atomic E-state index is 12.2. The zero-order chi connectivity index (χ0) is 12.6. The molecule has 0 bridgehead atoms. The van der Waals surface area contributed by atoms with Crippen molar-refractivity contribution in [2.24, 2.45) is 0 Å². The number of likely N-dealkylation sites (tertiary alicyclic amines) is 1. The molecule has 2 rings (SSSR count). The molecule has 0 saturated carbocycles. The van der Waals surface area contributed by atoms with E-state index in [1.165, 1.54) is 0 Å². The van der Waals surface area contributed by atoms with Crippen molar-refractivity contribution in [3.8, 4) is 0 Å². The molecule has 1 aliphatic heterocycles. The van der Waals surface area contributed by atoms with Crippen molar-refractivity contribution in [3.05, 3.63) is 32.4 Å². The third kappa shape index (κ3) is 2.74. The van der Waals surface area contributed by atoms with Crippen LogP contribution in [-0.4, -0.2) is 48.9 Å². The predicted octanol–water partition coefficient (Wildman–Crippen LogP) is 2.33. The van der Waals surface area contributed by atoms with Crippen LogP contribution in [0.25, 0.3) is 0 Å². The Morgan fingerprint density at radius 3 is 2.65 bits per heavy atom. The van der Waals surface area contributed by atoms with Crippen LogP contribution in [0.15, 0.2) is 18.2 Å². The summed E-state index contributed by atoms with van der Waals surface area (Å²) in [7, 11) is 4.08. The Hall–Kier alpha value is -0.330. The van der Waals surface area contributed by atoms with Gasteiger partial charge in [0.25, 0.3) is 5.91 Å². The van der Waals surface area contributed by atoms with Crippen LogP contribution < -0.4 is 0 Å². The smallest absolute Gasteiger partial charge is 0.255 e. The minimum atomic E-state index is 0.101. The number of likely N-dealkylation sites (N-methyl/N-ethyl adjacent to an activating group) is 1. The molecule has 5 heteroatoms. The van der Waals surface area contributed by atoms with Crippen molar-refractivity contribution in [2.45, 2.75) is 6.04 Å². The molecule has 1 amide bonds. The predicted molar refractivity (Wildman–Crippen MR) is 77.5 cm³/mol. The van der Waals surface area contributed by atoms with Crippen molar-refractivity contribution >= 4 is 40.1 Å². The van der Waals surface area contributed by atoms with Gasteiger partial charge < -0.3 is 9.80 Å². The van der Waals surface area contributed by atoms with Crippen LogP contribution in [0.1, 0.15) is 10.4 Å². The summed E-state index contributed by atoms with van der Waals surface area (Å²) in [6.07, 6.45) is 0. The number of nitrogens with zero attached hydrogens (tertiary/aromatic N) is 2. The van der Waals surface area contributed by atoms with Crippen molar-refractivity contribution < 1.29 is 4.79 Å². The van der Waals surface area contributed by atoms with Gasteiger partial charge in [0.15, 0.2) is 0 Å². The number of carbonyl (C=O) groups is 1. The molecular weight excluding hydrogens is 351 g/mol. The van der Waals surface area contributed by atoms with Gasteiger partial charge in [-0.15, -0.1) is 0 Å². The quantitative estimate of drug-likeness (QED) is 0.752. The van der Waals surface area contributed by atoms with E-state index in [1.807, 2.05) is 25.1 Å². The highest BCUT2D eigenvalue weighted by Crippen LogP contribution is 2.22. The Balaban J connectivity index is 2.07. The van der Waals surface area contributed by atoms with Crippen LogP contribution in [0, 0.1) is 3.57 Å². The minimum absolute atomic E-state index is 0.101. The fourth-order valence-electron chi connectivity index (χ4n) is 1.78. The SMILES string of the molecule is CN(C)C1CN(C(=O)c2ccc(Cl)cc2I)C1. The van der Waals surface area contributed by atoms with Crippen LogP contribution >= 0.6 is 34.2 Å². The third-order valence-electron chi connectivity index (χ3n) is 3.04. The van der Waals surface area contributed by atoms with E-state index in [-0.39, 0.29) is 5.91 Å². The lowest BCUT2D eigenvalue weighted by Gasteiger charge is -2.42. The largest absolute Gasteiger partial charge is 0.335 e. The summed E-state index contributed by atoms with van der Waals surface area (Å²) in [5.41, 5.74) is 0.743. The summed E-state index contributed by atoms with van der Waals surface area (Å²) in [5.74, 6) is 0.101. The summed E-state index contributed by atoms with van der Waals surface area (Å²) in [6.45, 7) is 1.62. The van der Waals surface area contributed by atoms with E-state index < -0.39 is 0 Å². The summed E-state index contributed by atoms with van der Waals surface area (Å²) < 4.78 is 0.911. The normalized spacial score (nSPS) is 16.2. The number of benzene rings is 1. The number of hydrogen-bond acceptors (Lipinski definition) is 2. The van der Waals surface area contributed by atoms with E-state index >= 15 is 0 Å². The second-order valence-corrected chi connectivity index (χ2v) is 6.05. The molecule has 0 spiro atoms. The van der Waals surface area contributed by atoms with Crippen molar-refractivity contribution in [2.75, 3.05) is 27.2 Å². The van der Waals surface area contributed by atoms with Gasteiger partial charge in [0.2, 0.25) is 0 Å². The van der Waals surface area contributed by atoms with E-state index in [1.54, 1.807) is 12.1 Å². The van der Waals surface area contributed by atoms with Gasteiger partial charge >= 0.3 is 0 Å². The van der Waals surface area contributed by atoms with Crippen molar-refractivity contribution in [3.63, 3.8) is 0 Å². The van der Waals surface area contributed by atoms with Crippen molar-refractivity contribution in [1.82, 2.24) is 9.80 Å². The molecule has 1 aliphatic rings. The number of halogens is 2. The number of hydrogen-bond donors (Lipinski definition) is 0. The molecule has 92 valence electrons. The lowest BCUT2D eigenvalue weighted by Crippen LogP contribution is -2.59. The van der Waals surface area contributed by atoms with Crippen LogP contribution in [0.5, 0.6) is 0 Å². The monoisotopic (exact) mass is 364 g/mol. The average molecular weight is 365 g/mol. The molecule has 0 radical (unpaired) electrons. The Kier molecular flexibility index (Phi) is 3.95. The first-order valence-corrected chi connectivity index (χ1v) is 6.85. The maximum atomic E-state index is 12.2. The summed E-state index contributed by atoms with van der Waals surface area (Å²) in [5, 5.41) is 0.667. The Labute approximate surface area is 120 Å². The van der Waals surface area contributed by atoms with Gasteiger partial charge in [0.1, 0.15) is 0 Å². The van der Waals surface area contributed by atoms with Gasteiger partial charge in [-0.05, 0) is 54.9 Å². The molecule has 0 N–H and O–H groups in total. The highest BCUT2D eigenvalue weighted by atomic mass is 127. The van der Waals surface area contributed by atoms with E-state index in [4.69, 9.17) is 11.6 Å². The van der Waals surface area contributed by atoms with Crippen molar-refractivity contribution in [1.29, 1.82) is 0 Å². The molecule has 0 aliphatic carbocycles. The highest BCUT2D eigenvalue weighted by molar-refractivity contribution is 14.1. The molecule has 0 atom stereocenters. The van der Waals surface area contributed by atoms with Gasteiger partial charge in [0.05, 0.1) is 5.56 Å². The van der Waals surface area contributed by atoms with E-state index in [2.05, 4.69) is 27.5 Å². The first kappa shape index (κ1) is 13.1. The maximum Gasteiger partial charge on any atom is 0.255 e. The van der Waals surface area contributed by atoms with Crippen LogP contribution in [-0.2, 0) is 0 Å². The van der Waals surface area contributed by atoms with Gasteiger partial charge in [-0.3, -0.25) is 4.79 Å². The molecular formula is C12H14ClIN2O. The molecule has 1 aromatic carbocycles. The zero-order valence-electron chi connectivity index (χ0n) is 9.78. The first-order valence-electron chi connectivity index (χ1n) is 5.40. The molecule has 1 heterocycles. The van der Waals surface area contributed by atoms with Gasteiger partial charge in [-0.1, -0.05) is 11.6 Å². The van der Waals surface area contributed by atoms with Crippen LogP contribution in [0.2, 0.25) is 5.02 Å². The third-order valence-corrected chi connectivity index (χ3v) is 4.17. The molecule has 1 fully saturated rings. The molecule has 1 saturated heterocycles. The standard InChI is InChI=1S/C12H14ClIN2O/c1-15(2)9-6-16(7-9)12(17)10-4-3-8(13)5-11(10)14/h3-5,9H,6-7H2,1-2H3. The summed E-state index contributed by atoms with van der Waals surface area (Å²) in [4.78, 5) is 16.2. The first-order chi connectivity index (χ1) is 7.99. The zero-order valence-corrected chi connectivity index (χ0v) is 12.7. The molecule has 0 unspecified atom stereocenters. The second kappa shape index (κ2) is 5.12. The Morgan fingerprint density at radius 2 is 2.12 bits per heavy atom. The average Bonchev–Trinajstić information content (AvgIpc) is 2.13. The molecule has 1 aromatic rings. The van der Waals surface area contributed by atoms with Gasteiger partial charge in [0, 0.05) is 27.7 Å². The van der Waals surface area contributed by atoms with Gasteiger partial charge in [-0.25, -0.2) is 0 Å². The number of rotatable bonds is 2. The highest BCUT2D eigenvalue weighted by Gasteiger charge is 2.32. The summed E-state index contributed by atoms with van der Waals surface area (Å²) >= 11 is 8.03. The number of carbonyl (C=O) groups excluding carboxylic acids is 1. The van der Waals surface area contributed by atoms with Crippen LogP contribution in [0.3, 0.4) is 0 Å². The lowest BCUT2D eigenvalue weighted by molar-refractivity contribution is 0.0398. The van der Waals surface area contributed by atoms with E-state index in [0.29, 0.717) is 11.1 Å². The van der Waals surface area contributed by atoms with E-state index in [9.17, 15) is 4.79 Å². The lowest BCUT2D eigenvalue weighted by atomic mass is 10.1. The fraction of sp³-hybridized carbons (Fsp3) is 0.417. The topological polar surface area (TPSA) is 23.6 Å². The molecule has 0 aromatic heterocycles. The molecule has 17 heavy (non-hydrogen) atoms. The summed E-state index contributed by atoms with van der Waals surface area (Å²) in [6, 6.07) is 5.87. The fourth-order valence-corrected chi connectivity index (χ4v) is 2.88. The Bertz CT molecular complexity index is 444. The van der Waals surface area contributed by atoms with Gasteiger partial charge in [-0.2, -0.15) is 0 Å².